The lowest BCUT2D eigenvalue weighted by Gasteiger charge is -2.17. The predicted molar refractivity (Wildman–Crippen MR) is 145 cm³/mol. The minimum atomic E-state index is -4.56. The fourth-order valence-corrected chi connectivity index (χ4v) is 4.13. The Kier molecular flexibility index (Phi) is 8.55. The summed E-state index contributed by atoms with van der Waals surface area (Å²) in [6, 6.07) is 23.2. The third-order valence-corrected chi connectivity index (χ3v) is 6.29. The molecule has 10 heteroatoms. The van der Waals surface area contributed by atoms with Crippen molar-refractivity contribution < 1.29 is 32.7 Å². The number of anilines is 1. The lowest BCUT2D eigenvalue weighted by Crippen LogP contribution is -2.42. The largest absolute Gasteiger partial charge is 0.480 e. The van der Waals surface area contributed by atoms with Crippen molar-refractivity contribution in [2.75, 3.05) is 5.32 Å². The molecule has 0 aliphatic carbocycles. The van der Waals surface area contributed by atoms with Crippen LogP contribution in [0.3, 0.4) is 0 Å². The van der Waals surface area contributed by atoms with Crippen LogP contribution in [0.15, 0.2) is 97.1 Å². The maximum Gasteiger partial charge on any atom is 0.416 e. The van der Waals surface area contributed by atoms with E-state index < -0.39 is 35.6 Å². The van der Waals surface area contributed by atoms with Gasteiger partial charge in [0.1, 0.15) is 6.04 Å². The van der Waals surface area contributed by atoms with Crippen molar-refractivity contribution >= 4 is 35.1 Å². The number of alkyl halides is 3. The van der Waals surface area contributed by atoms with E-state index in [-0.39, 0.29) is 28.3 Å². The quantitative estimate of drug-likeness (QED) is 0.221. The zero-order valence-corrected chi connectivity index (χ0v) is 21.5. The average molecular weight is 567 g/mol. The lowest BCUT2D eigenvalue weighted by molar-refractivity contribution is -0.139. The van der Waals surface area contributed by atoms with Gasteiger partial charge in [0.2, 0.25) is 0 Å². The molecule has 0 aliphatic heterocycles. The Morgan fingerprint density at radius 2 is 1.43 bits per heavy atom. The second kappa shape index (κ2) is 12.0. The summed E-state index contributed by atoms with van der Waals surface area (Å²) in [4.78, 5) is 37.8. The van der Waals surface area contributed by atoms with Crippen molar-refractivity contribution in [3.63, 3.8) is 0 Å². The van der Waals surface area contributed by atoms with Gasteiger partial charge in [-0.25, -0.2) is 4.79 Å². The molecule has 0 saturated carbocycles. The highest BCUT2D eigenvalue weighted by molar-refractivity contribution is 6.31. The Balaban J connectivity index is 1.49. The molecule has 1 unspecified atom stereocenters. The molecule has 0 bridgehead atoms. The van der Waals surface area contributed by atoms with Gasteiger partial charge in [-0.1, -0.05) is 66.2 Å². The Morgan fingerprint density at radius 1 is 0.800 bits per heavy atom. The second-order valence-corrected chi connectivity index (χ2v) is 9.29. The molecule has 4 rings (SSSR count). The molecule has 1 atom stereocenters. The van der Waals surface area contributed by atoms with E-state index in [1.54, 1.807) is 12.1 Å². The Hall–Kier alpha value is -4.63. The lowest BCUT2D eigenvalue weighted by atomic mass is 10.0. The van der Waals surface area contributed by atoms with E-state index in [0.717, 1.165) is 35.4 Å². The molecule has 4 aromatic carbocycles. The number of carbonyl (C=O) groups excluding carboxylic acids is 2. The number of rotatable bonds is 8. The first kappa shape index (κ1) is 28.4. The maximum atomic E-state index is 13.1. The maximum absolute atomic E-state index is 13.1. The van der Waals surface area contributed by atoms with Crippen LogP contribution in [0.4, 0.5) is 18.9 Å². The number of halogens is 4. The van der Waals surface area contributed by atoms with Gasteiger partial charge in [-0.2, -0.15) is 13.2 Å². The van der Waals surface area contributed by atoms with Gasteiger partial charge in [0.05, 0.1) is 16.8 Å². The average Bonchev–Trinajstić information content (AvgIpc) is 2.93. The van der Waals surface area contributed by atoms with Crippen molar-refractivity contribution in [3.05, 3.63) is 124 Å². The molecule has 0 aliphatic rings. The number of aliphatic carboxylic acids is 1. The Morgan fingerprint density at radius 3 is 2.02 bits per heavy atom. The summed E-state index contributed by atoms with van der Waals surface area (Å²) in [6.45, 7) is 0. The molecule has 0 heterocycles. The van der Waals surface area contributed by atoms with Crippen LogP contribution in [-0.2, 0) is 17.4 Å². The number of carbonyl (C=O) groups is 3. The highest BCUT2D eigenvalue weighted by atomic mass is 35.5. The van der Waals surface area contributed by atoms with Crippen LogP contribution < -0.4 is 10.6 Å². The summed E-state index contributed by atoms with van der Waals surface area (Å²) >= 11 is 6.04. The van der Waals surface area contributed by atoms with Crippen molar-refractivity contribution in [2.45, 2.75) is 18.6 Å². The molecule has 2 amide bonds. The smallest absolute Gasteiger partial charge is 0.416 e. The van der Waals surface area contributed by atoms with Gasteiger partial charge in [-0.15, -0.1) is 0 Å². The molecule has 0 radical (unpaired) electrons. The zero-order chi connectivity index (χ0) is 28.9. The van der Waals surface area contributed by atoms with E-state index in [9.17, 15) is 32.7 Å². The number of hydrogen-bond donors (Lipinski definition) is 3. The van der Waals surface area contributed by atoms with Crippen LogP contribution in [0.1, 0.15) is 31.8 Å². The number of nitrogens with one attached hydrogen (secondary N) is 2. The fourth-order valence-electron chi connectivity index (χ4n) is 3.96. The third kappa shape index (κ3) is 7.06. The number of carboxylic acid groups (broad SMARTS) is 1. The zero-order valence-electron chi connectivity index (χ0n) is 20.7. The number of hydrogen-bond acceptors (Lipinski definition) is 3. The molecule has 0 aromatic heterocycles. The van der Waals surface area contributed by atoms with Crippen LogP contribution in [-0.4, -0.2) is 28.9 Å². The van der Waals surface area contributed by atoms with Crippen molar-refractivity contribution in [1.82, 2.24) is 5.32 Å². The minimum absolute atomic E-state index is 0.00300. The number of amides is 2. The summed E-state index contributed by atoms with van der Waals surface area (Å²) in [5.74, 6) is -2.82. The van der Waals surface area contributed by atoms with Gasteiger partial charge in [0.25, 0.3) is 11.8 Å². The molecule has 40 heavy (non-hydrogen) atoms. The van der Waals surface area contributed by atoms with Gasteiger partial charge >= 0.3 is 12.1 Å². The number of benzene rings is 4. The highest BCUT2D eigenvalue weighted by Crippen LogP contribution is 2.29. The molecule has 0 saturated heterocycles. The highest BCUT2D eigenvalue weighted by Gasteiger charge is 2.30. The van der Waals surface area contributed by atoms with Crippen LogP contribution in [0.5, 0.6) is 0 Å². The molecule has 3 N–H and O–H groups in total. The summed E-state index contributed by atoms with van der Waals surface area (Å²) in [5, 5.41) is 14.9. The first-order chi connectivity index (χ1) is 19.0. The van der Waals surface area contributed by atoms with Crippen LogP contribution in [0.25, 0.3) is 11.1 Å². The molecule has 0 fully saturated rings. The Labute approximate surface area is 232 Å². The molecular weight excluding hydrogens is 545 g/mol. The summed E-state index contributed by atoms with van der Waals surface area (Å²) in [6.07, 6.45) is -4.56. The normalized spacial score (nSPS) is 11.9. The monoisotopic (exact) mass is 566 g/mol. The van der Waals surface area contributed by atoms with Gasteiger partial charge in [-0.3, -0.25) is 9.59 Å². The van der Waals surface area contributed by atoms with E-state index in [0.29, 0.717) is 5.56 Å². The van der Waals surface area contributed by atoms with Gasteiger partial charge in [-0.05, 0) is 59.2 Å². The van der Waals surface area contributed by atoms with Crippen molar-refractivity contribution in [2.24, 2.45) is 0 Å². The molecule has 6 nitrogen and oxygen atoms in total. The van der Waals surface area contributed by atoms with Gasteiger partial charge in [0, 0.05) is 17.0 Å². The Bertz CT molecular complexity index is 1520. The molecule has 0 spiro atoms. The van der Waals surface area contributed by atoms with E-state index in [1.807, 2.05) is 42.5 Å². The van der Waals surface area contributed by atoms with E-state index in [2.05, 4.69) is 10.6 Å². The fraction of sp³-hybridized carbons (Fsp3) is 0.100. The molecular formula is C30H22ClF3N2O4. The third-order valence-electron chi connectivity index (χ3n) is 6.05. The van der Waals surface area contributed by atoms with E-state index >= 15 is 0 Å². The first-order valence-electron chi connectivity index (χ1n) is 12.0. The second-order valence-electron chi connectivity index (χ2n) is 8.85. The summed E-state index contributed by atoms with van der Waals surface area (Å²) in [5.41, 5.74) is 1.53. The van der Waals surface area contributed by atoms with Crippen LogP contribution >= 0.6 is 11.6 Å². The van der Waals surface area contributed by atoms with Crippen LogP contribution in [0.2, 0.25) is 5.02 Å². The van der Waals surface area contributed by atoms with Crippen molar-refractivity contribution in [3.8, 4) is 11.1 Å². The molecule has 204 valence electrons. The van der Waals surface area contributed by atoms with E-state index in [4.69, 9.17) is 11.6 Å². The van der Waals surface area contributed by atoms with E-state index in [1.165, 1.54) is 18.2 Å². The summed E-state index contributed by atoms with van der Waals surface area (Å²) in [7, 11) is 0. The van der Waals surface area contributed by atoms with Crippen LogP contribution in [0, 0.1) is 0 Å². The topological polar surface area (TPSA) is 95.5 Å². The number of carboxylic acids is 1. The van der Waals surface area contributed by atoms with Gasteiger partial charge in [0.15, 0.2) is 0 Å². The summed E-state index contributed by atoms with van der Waals surface area (Å²) < 4.78 is 38.5. The molecule has 4 aromatic rings. The SMILES string of the molecule is O=C(Nc1cc(Cl)ccc1C(=O)NC(Cc1ccc(-c2ccccc2)cc1)C(=O)O)c1ccc(C(F)(F)F)cc1. The minimum Gasteiger partial charge on any atom is -0.480 e. The standard InChI is InChI=1S/C30H22ClF3N2O4/c31-23-14-15-24(25(17-23)35-27(37)21-10-12-22(13-11-21)30(32,33)34)28(38)36-26(29(39)40)16-18-6-8-20(9-7-18)19-4-2-1-3-5-19/h1-15,17,26H,16H2,(H,35,37)(H,36,38)(H,39,40). The predicted octanol–water partition coefficient (Wildman–Crippen LogP) is 6.70. The first-order valence-corrected chi connectivity index (χ1v) is 12.4. The van der Waals surface area contributed by atoms with Gasteiger partial charge < -0.3 is 15.7 Å². The van der Waals surface area contributed by atoms with Crippen molar-refractivity contribution in [1.29, 1.82) is 0 Å².